The van der Waals surface area contributed by atoms with Gasteiger partial charge >= 0.3 is 0 Å². The molecule has 176 valence electrons. The summed E-state index contributed by atoms with van der Waals surface area (Å²) in [6.07, 6.45) is 3.41. The standard InChI is InChI=1S/C24H31N5O4/c1-16-4-6-17(7-5-16)21-14-29-20(15-33-21)22(26-27-29)24(31)28-10-8-18(9-11-28)23(30)25-13-19-3-2-12-32-19/h4-7,18-19,21H,2-3,8-15H2,1H3,(H,25,30)/t19-,21-/m1/s1. The number of nitrogens with zero attached hydrogens (tertiary/aromatic N) is 4. The maximum absolute atomic E-state index is 13.1. The Morgan fingerprint density at radius 2 is 1.91 bits per heavy atom. The number of ether oxygens (including phenoxy) is 2. The molecule has 0 radical (unpaired) electrons. The maximum atomic E-state index is 13.1. The van der Waals surface area contributed by atoms with Crippen LogP contribution in [-0.4, -0.2) is 64.1 Å². The van der Waals surface area contributed by atoms with Crippen LogP contribution in [0.15, 0.2) is 24.3 Å². The van der Waals surface area contributed by atoms with E-state index in [-0.39, 0.29) is 29.9 Å². The van der Waals surface area contributed by atoms with Gasteiger partial charge in [0.1, 0.15) is 6.10 Å². The van der Waals surface area contributed by atoms with Gasteiger partial charge in [0, 0.05) is 32.2 Å². The highest BCUT2D eigenvalue weighted by atomic mass is 16.5. The fraction of sp³-hybridized carbons (Fsp3) is 0.583. The summed E-state index contributed by atoms with van der Waals surface area (Å²) >= 11 is 0. The van der Waals surface area contributed by atoms with Gasteiger partial charge < -0.3 is 19.7 Å². The molecule has 2 atom stereocenters. The minimum Gasteiger partial charge on any atom is -0.376 e. The zero-order valence-corrected chi connectivity index (χ0v) is 19.0. The van der Waals surface area contributed by atoms with Crippen LogP contribution in [0, 0.1) is 12.8 Å². The minimum atomic E-state index is -0.133. The van der Waals surface area contributed by atoms with Crippen molar-refractivity contribution in [2.24, 2.45) is 5.92 Å². The maximum Gasteiger partial charge on any atom is 0.276 e. The molecule has 0 unspecified atom stereocenters. The molecular weight excluding hydrogens is 422 g/mol. The zero-order chi connectivity index (χ0) is 22.8. The van der Waals surface area contributed by atoms with Gasteiger partial charge in [-0.15, -0.1) is 5.10 Å². The summed E-state index contributed by atoms with van der Waals surface area (Å²) in [4.78, 5) is 27.4. The first-order chi connectivity index (χ1) is 16.1. The number of carbonyl (C=O) groups excluding carboxylic acids is 2. The smallest absolute Gasteiger partial charge is 0.276 e. The second kappa shape index (κ2) is 9.61. The molecular formula is C24H31N5O4. The quantitative estimate of drug-likeness (QED) is 0.744. The van der Waals surface area contributed by atoms with E-state index in [4.69, 9.17) is 9.47 Å². The first-order valence-electron chi connectivity index (χ1n) is 11.9. The number of benzene rings is 1. The summed E-state index contributed by atoms with van der Waals surface area (Å²) in [6.45, 7) is 5.32. The Balaban J connectivity index is 1.15. The average molecular weight is 454 g/mol. The Morgan fingerprint density at radius 3 is 2.64 bits per heavy atom. The highest BCUT2D eigenvalue weighted by Gasteiger charge is 2.33. The molecule has 1 N–H and O–H groups in total. The van der Waals surface area contributed by atoms with E-state index in [0.29, 0.717) is 51.3 Å². The van der Waals surface area contributed by atoms with Gasteiger partial charge in [-0.3, -0.25) is 9.59 Å². The molecule has 3 aliphatic heterocycles. The number of carbonyl (C=O) groups is 2. The molecule has 0 bridgehead atoms. The molecule has 3 aliphatic rings. The van der Waals surface area contributed by atoms with E-state index in [1.165, 1.54) is 5.56 Å². The van der Waals surface area contributed by atoms with Crippen LogP contribution in [0.4, 0.5) is 0 Å². The molecule has 2 amide bonds. The van der Waals surface area contributed by atoms with E-state index in [1.54, 1.807) is 9.58 Å². The molecule has 1 aromatic carbocycles. The van der Waals surface area contributed by atoms with Gasteiger partial charge in [-0.1, -0.05) is 35.0 Å². The predicted molar refractivity (Wildman–Crippen MR) is 119 cm³/mol. The predicted octanol–water partition coefficient (Wildman–Crippen LogP) is 2.01. The number of aryl methyl sites for hydroxylation is 1. The topological polar surface area (TPSA) is 98.6 Å². The van der Waals surface area contributed by atoms with Gasteiger partial charge in [-0.2, -0.15) is 0 Å². The third-order valence-electron chi connectivity index (χ3n) is 6.93. The second-order valence-corrected chi connectivity index (χ2v) is 9.22. The fourth-order valence-corrected chi connectivity index (χ4v) is 4.82. The van der Waals surface area contributed by atoms with Crippen LogP contribution in [0.25, 0.3) is 0 Å². The Hall–Kier alpha value is -2.78. The molecule has 9 nitrogen and oxygen atoms in total. The molecule has 5 rings (SSSR count). The molecule has 0 spiro atoms. The number of fused-ring (bicyclic) bond motifs is 1. The summed E-state index contributed by atoms with van der Waals surface area (Å²) in [6, 6.07) is 8.26. The lowest BCUT2D eigenvalue weighted by Crippen LogP contribution is -2.44. The van der Waals surface area contributed by atoms with Gasteiger partial charge in [0.05, 0.1) is 24.9 Å². The highest BCUT2D eigenvalue weighted by molar-refractivity contribution is 5.93. The third-order valence-corrected chi connectivity index (χ3v) is 6.93. The highest BCUT2D eigenvalue weighted by Crippen LogP contribution is 2.28. The van der Waals surface area contributed by atoms with Crippen LogP contribution in [0.1, 0.15) is 59.1 Å². The molecule has 0 aliphatic carbocycles. The van der Waals surface area contributed by atoms with Crippen molar-refractivity contribution in [1.29, 1.82) is 0 Å². The normalized spacial score (nSPS) is 23.4. The largest absolute Gasteiger partial charge is 0.376 e. The van der Waals surface area contributed by atoms with Gasteiger partial charge in [0.25, 0.3) is 5.91 Å². The van der Waals surface area contributed by atoms with Gasteiger partial charge in [0.15, 0.2) is 5.69 Å². The van der Waals surface area contributed by atoms with Gasteiger partial charge in [0.2, 0.25) is 5.91 Å². The van der Waals surface area contributed by atoms with Crippen molar-refractivity contribution in [3.63, 3.8) is 0 Å². The number of likely N-dealkylation sites (tertiary alicyclic amines) is 1. The number of piperidine rings is 1. The van der Waals surface area contributed by atoms with E-state index >= 15 is 0 Å². The molecule has 9 heteroatoms. The van der Waals surface area contributed by atoms with Crippen LogP contribution in [0.3, 0.4) is 0 Å². The van der Waals surface area contributed by atoms with E-state index in [0.717, 1.165) is 30.7 Å². The molecule has 1 aromatic heterocycles. The van der Waals surface area contributed by atoms with Crippen molar-refractivity contribution in [1.82, 2.24) is 25.2 Å². The summed E-state index contributed by atoms with van der Waals surface area (Å²) in [7, 11) is 0. The summed E-state index contributed by atoms with van der Waals surface area (Å²) in [5.74, 6) is -0.135. The molecule has 4 heterocycles. The minimum absolute atomic E-state index is 0.0641. The number of aromatic nitrogens is 3. The lowest BCUT2D eigenvalue weighted by Gasteiger charge is -2.31. The van der Waals surface area contributed by atoms with Crippen LogP contribution in [0.5, 0.6) is 0 Å². The van der Waals surface area contributed by atoms with Crippen LogP contribution >= 0.6 is 0 Å². The van der Waals surface area contributed by atoms with Crippen LogP contribution in [-0.2, 0) is 27.4 Å². The number of rotatable bonds is 5. The Kier molecular flexibility index (Phi) is 6.41. The Labute approximate surface area is 193 Å². The van der Waals surface area contributed by atoms with Crippen molar-refractivity contribution >= 4 is 11.8 Å². The fourth-order valence-electron chi connectivity index (χ4n) is 4.82. The first-order valence-corrected chi connectivity index (χ1v) is 11.9. The van der Waals surface area contributed by atoms with Crippen molar-refractivity contribution < 1.29 is 19.1 Å². The molecule has 2 saturated heterocycles. The number of nitrogens with one attached hydrogen (secondary N) is 1. The first kappa shape index (κ1) is 22.0. The van der Waals surface area contributed by atoms with E-state index in [9.17, 15) is 9.59 Å². The Bertz CT molecular complexity index is 991. The molecule has 2 fully saturated rings. The van der Waals surface area contributed by atoms with Crippen LogP contribution < -0.4 is 5.32 Å². The van der Waals surface area contributed by atoms with Gasteiger partial charge in [-0.25, -0.2) is 4.68 Å². The molecule has 33 heavy (non-hydrogen) atoms. The molecule has 0 saturated carbocycles. The summed E-state index contributed by atoms with van der Waals surface area (Å²) < 4.78 is 13.4. The van der Waals surface area contributed by atoms with Gasteiger partial charge in [-0.05, 0) is 38.2 Å². The lowest BCUT2D eigenvalue weighted by atomic mass is 9.95. The number of amides is 2. The lowest BCUT2D eigenvalue weighted by molar-refractivity contribution is -0.126. The number of hydrogen-bond donors (Lipinski definition) is 1. The van der Waals surface area contributed by atoms with Crippen molar-refractivity contribution in [2.45, 2.75) is 58.0 Å². The molecule has 2 aromatic rings. The van der Waals surface area contributed by atoms with Crippen molar-refractivity contribution in [3.8, 4) is 0 Å². The van der Waals surface area contributed by atoms with Crippen molar-refractivity contribution in [2.75, 3.05) is 26.2 Å². The van der Waals surface area contributed by atoms with E-state index in [1.807, 2.05) is 0 Å². The average Bonchev–Trinajstić information content (AvgIpc) is 3.52. The third kappa shape index (κ3) is 4.79. The van der Waals surface area contributed by atoms with E-state index in [2.05, 4.69) is 46.8 Å². The van der Waals surface area contributed by atoms with Crippen LogP contribution in [0.2, 0.25) is 0 Å². The Morgan fingerprint density at radius 1 is 1.12 bits per heavy atom. The second-order valence-electron chi connectivity index (χ2n) is 9.22. The summed E-state index contributed by atoms with van der Waals surface area (Å²) in [5.41, 5.74) is 3.38. The summed E-state index contributed by atoms with van der Waals surface area (Å²) in [5, 5.41) is 11.4. The van der Waals surface area contributed by atoms with Crippen molar-refractivity contribution in [3.05, 3.63) is 46.8 Å². The zero-order valence-electron chi connectivity index (χ0n) is 19.0. The monoisotopic (exact) mass is 453 g/mol. The number of hydrogen-bond acceptors (Lipinski definition) is 6. The van der Waals surface area contributed by atoms with E-state index < -0.39 is 0 Å². The SMILES string of the molecule is Cc1ccc([C@H]2Cn3nnc(C(=O)N4CCC(C(=O)NC[C@H]5CCCO5)CC4)c3CO2)cc1.